The van der Waals surface area contributed by atoms with Crippen molar-refractivity contribution in [1.29, 1.82) is 0 Å². The molecule has 2 aromatic heterocycles. The molecular weight excluding hydrogens is 288 g/mol. The maximum Gasteiger partial charge on any atom is 0.321 e. The van der Waals surface area contributed by atoms with E-state index in [1.807, 2.05) is 6.92 Å². The van der Waals surface area contributed by atoms with Gasteiger partial charge in [0.25, 0.3) is 0 Å². The van der Waals surface area contributed by atoms with Crippen molar-refractivity contribution in [2.75, 3.05) is 12.3 Å². The van der Waals surface area contributed by atoms with Crippen LogP contribution in [-0.4, -0.2) is 21.6 Å². The molecule has 0 unspecified atom stereocenters. The van der Waals surface area contributed by atoms with Crippen LogP contribution in [0.3, 0.4) is 0 Å². The van der Waals surface area contributed by atoms with Crippen LogP contribution in [0.1, 0.15) is 13.3 Å². The summed E-state index contributed by atoms with van der Waals surface area (Å²) < 4.78 is 11.3. The lowest BCUT2D eigenvalue weighted by Crippen LogP contribution is -2.05. The van der Waals surface area contributed by atoms with Crippen molar-refractivity contribution in [2.24, 2.45) is 0 Å². The topological polar surface area (TPSA) is 87.1 Å². The lowest BCUT2D eigenvalue weighted by molar-refractivity contribution is 0.292. The third-order valence-corrected chi connectivity index (χ3v) is 2.51. The number of anilines is 1. The van der Waals surface area contributed by atoms with Gasteiger partial charge in [-0.05, 0) is 28.4 Å². The monoisotopic (exact) mass is 298 g/mol. The van der Waals surface area contributed by atoms with Crippen molar-refractivity contribution in [1.82, 2.24) is 15.0 Å². The SMILES string of the molecule is CCCOc1nc(N)nc(-c2occc2Br)n1. The van der Waals surface area contributed by atoms with E-state index in [0.717, 1.165) is 10.9 Å². The van der Waals surface area contributed by atoms with E-state index in [4.69, 9.17) is 14.9 Å². The van der Waals surface area contributed by atoms with E-state index < -0.39 is 0 Å². The Hall–Kier alpha value is -1.63. The summed E-state index contributed by atoms with van der Waals surface area (Å²) in [6.45, 7) is 2.52. The molecule has 0 saturated heterocycles. The van der Waals surface area contributed by atoms with E-state index >= 15 is 0 Å². The molecule has 0 fully saturated rings. The van der Waals surface area contributed by atoms with Crippen LogP contribution >= 0.6 is 15.9 Å². The molecule has 2 N–H and O–H groups in total. The summed E-state index contributed by atoms with van der Waals surface area (Å²) in [5.74, 6) is 0.949. The Balaban J connectivity index is 2.35. The molecular formula is C10H11BrN4O2. The van der Waals surface area contributed by atoms with Crippen molar-refractivity contribution in [2.45, 2.75) is 13.3 Å². The summed E-state index contributed by atoms with van der Waals surface area (Å²) in [7, 11) is 0. The molecule has 0 bridgehead atoms. The number of aromatic nitrogens is 3. The molecule has 2 rings (SSSR count). The highest BCUT2D eigenvalue weighted by molar-refractivity contribution is 9.10. The minimum absolute atomic E-state index is 0.101. The summed E-state index contributed by atoms with van der Waals surface area (Å²) in [4.78, 5) is 12.0. The first-order valence-electron chi connectivity index (χ1n) is 5.08. The van der Waals surface area contributed by atoms with Gasteiger partial charge < -0.3 is 14.9 Å². The summed E-state index contributed by atoms with van der Waals surface area (Å²) in [5.41, 5.74) is 5.59. The average molecular weight is 299 g/mol. The highest BCUT2D eigenvalue weighted by atomic mass is 79.9. The first kappa shape index (κ1) is 11.8. The second-order valence-electron chi connectivity index (χ2n) is 3.25. The van der Waals surface area contributed by atoms with Crippen LogP contribution in [0.4, 0.5) is 5.95 Å². The first-order chi connectivity index (χ1) is 8.20. The van der Waals surface area contributed by atoms with E-state index in [1.165, 1.54) is 6.26 Å². The molecule has 2 heterocycles. The van der Waals surface area contributed by atoms with Gasteiger partial charge in [-0.2, -0.15) is 15.0 Å². The van der Waals surface area contributed by atoms with E-state index in [0.29, 0.717) is 18.2 Å². The van der Waals surface area contributed by atoms with Crippen LogP contribution in [0.15, 0.2) is 21.2 Å². The quantitative estimate of drug-likeness (QED) is 0.931. The zero-order valence-corrected chi connectivity index (χ0v) is 10.8. The van der Waals surface area contributed by atoms with E-state index in [9.17, 15) is 0 Å². The van der Waals surface area contributed by atoms with Gasteiger partial charge in [0.2, 0.25) is 11.8 Å². The molecule has 0 spiro atoms. The molecule has 2 aromatic rings. The van der Waals surface area contributed by atoms with Crippen molar-refractivity contribution >= 4 is 21.9 Å². The Labute approximate surface area is 106 Å². The Morgan fingerprint density at radius 3 is 2.88 bits per heavy atom. The minimum atomic E-state index is 0.101. The largest absolute Gasteiger partial charge is 0.463 e. The van der Waals surface area contributed by atoms with Gasteiger partial charge in [-0.1, -0.05) is 6.92 Å². The molecule has 0 aliphatic carbocycles. The highest BCUT2D eigenvalue weighted by Crippen LogP contribution is 2.27. The van der Waals surface area contributed by atoms with Crippen LogP contribution in [0.25, 0.3) is 11.6 Å². The molecule has 7 heteroatoms. The van der Waals surface area contributed by atoms with Crippen molar-refractivity contribution in [3.63, 3.8) is 0 Å². The molecule has 0 amide bonds. The zero-order chi connectivity index (χ0) is 12.3. The van der Waals surface area contributed by atoms with Crippen LogP contribution in [0, 0.1) is 0 Å². The number of nitrogens with two attached hydrogens (primary N) is 1. The summed E-state index contributed by atoms with van der Waals surface area (Å²) in [6, 6.07) is 1.96. The fourth-order valence-electron chi connectivity index (χ4n) is 1.18. The van der Waals surface area contributed by atoms with Crippen LogP contribution in [0.2, 0.25) is 0 Å². The number of nitrogens with zero attached hydrogens (tertiary/aromatic N) is 3. The molecule has 90 valence electrons. The molecule has 0 radical (unpaired) electrons. The summed E-state index contributed by atoms with van der Waals surface area (Å²) >= 11 is 3.33. The first-order valence-corrected chi connectivity index (χ1v) is 5.87. The highest BCUT2D eigenvalue weighted by Gasteiger charge is 2.13. The number of nitrogen functional groups attached to an aromatic ring is 1. The number of rotatable bonds is 4. The number of ether oxygens (including phenoxy) is 1. The molecule has 17 heavy (non-hydrogen) atoms. The molecule has 0 atom stereocenters. The lowest BCUT2D eigenvalue weighted by Gasteiger charge is -2.04. The molecule has 0 aliphatic rings. The fraction of sp³-hybridized carbons (Fsp3) is 0.300. The van der Waals surface area contributed by atoms with E-state index in [2.05, 4.69) is 30.9 Å². The zero-order valence-electron chi connectivity index (χ0n) is 9.18. The van der Waals surface area contributed by atoms with Crippen molar-refractivity contribution in [3.8, 4) is 17.6 Å². The molecule has 0 aliphatic heterocycles. The Kier molecular flexibility index (Phi) is 3.58. The van der Waals surface area contributed by atoms with E-state index in [-0.39, 0.29) is 12.0 Å². The Bertz CT molecular complexity index is 515. The maximum absolute atomic E-state index is 5.59. The van der Waals surface area contributed by atoms with Gasteiger partial charge in [0.05, 0.1) is 17.3 Å². The predicted octanol–water partition coefficient (Wildman–Crippen LogP) is 2.27. The van der Waals surface area contributed by atoms with Crippen LogP contribution in [-0.2, 0) is 0 Å². The van der Waals surface area contributed by atoms with Gasteiger partial charge >= 0.3 is 6.01 Å². The van der Waals surface area contributed by atoms with Crippen molar-refractivity contribution in [3.05, 3.63) is 16.8 Å². The number of halogens is 1. The second kappa shape index (κ2) is 5.13. The third-order valence-electron chi connectivity index (χ3n) is 1.89. The predicted molar refractivity (Wildman–Crippen MR) is 65.4 cm³/mol. The number of hydrogen-bond donors (Lipinski definition) is 1. The Morgan fingerprint density at radius 2 is 2.24 bits per heavy atom. The van der Waals surface area contributed by atoms with Crippen molar-refractivity contribution < 1.29 is 9.15 Å². The molecule has 0 saturated carbocycles. The lowest BCUT2D eigenvalue weighted by atomic mass is 10.4. The summed E-state index contributed by atoms with van der Waals surface area (Å²) in [6.07, 6.45) is 2.40. The van der Waals surface area contributed by atoms with Crippen LogP contribution in [0.5, 0.6) is 6.01 Å². The maximum atomic E-state index is 5.59. The van der Waals surface area contributed by atoms with E-state index in [1.54, 1.807) is 6.07 Å². The van der Waals surface area contributed by atoms with Gasteiger partial charge in [0, 0.05) is 0 Å². The molecule has 6 nitrogen and oxygen atoms in total. The second-order valence-corrected chi connectivity index (χ2v) is 4.10. The van der Waals surface area contributed by atoms with Gasteiger partial charge in [0.1, 0.15) is 0 Å². The minimum Gasteiger partial charge on any atom is -0.463 e. The standard InChI is InChI=1S/C10H11BrN4O2/c1-2-4-17-10-14-8(13-9(12)15-10)7-6(11)3-5-16-7/h3,5H,2,4H2,1H3,(H2,12,13,14,15). The summed E-state index contributed by atoms with van der Waals surface area (Å²) in [5, 5.41) is 0. The number of hydrogen-bond acceptors (Lipinski definition) is 6. The van der Waals surface area contributed by atoms with Gasteiger partial charge in [-0.3, -0.25) is 0 Å². The van der Waals surface area contributed by atoms with Gasteiger partial charge in [0.15, 0.2) is 5.76 Å². The smallest absolute Gasteiger partial charge is 0.321 e. The number of furan rings is 1. The Morgan fingerprint density at radius 1 is 1.41 bits per heavy atom. The van der Waals surface area contributed by atoms with Gasteiger partial charge in [-0.25, -0.2) is 0 Å². The third kappa shape index (κ3) is 2.73. The molecule has 0 aromatic carbocycles. The fourth-order valence-corrected chi connectivity index (χ4v) is 1.56. The van der Waals surface area contributed by atoms with Gasteiger partial charge in [-0.15, -0.1) is 0 Å². The van der Waals surface area contributed by atoms with Crippen LogP contribution < -0.4 is 10.5 Å². The normalized spacial score (nSPS) is 10.5. The average Bonchev–Trinajstić information content (AvgIpc) is 2.72.